The first kappa shape index (κ1) is 18.1. The molecule has 2 aromatic carbocycles. The molecule has 0 aliphatic carbocycles. The molecule has 0 saturated carbocycles. The van der Waals surface area contributed by atoms with E-state index in [4.69, 9.17) is 23.2 Å². The third-order valence-electron chi connectivity index (χ3n) is 3.64. The first-order valence-electron chi connectivity index (χ1n) is 7.90. The van der Waals surface area contributed by atoms with Gasteiger partial charge in [0.1, 0.15) is 0 Å². The van der Waals surface area contributed by atoms with Crippen molar-refractivity contribution in [1.29, 1.82) is 0 Å². The van der Waals surface area contributed by atoms with Crippen LogP contribution in [0.1, 0.15) is 23.9 Å². The Morgan fingerprint density at radius 1 is 1.00 bits per heavy atom. The number of benzene rings is 2. The van der Waals surface area contributed by atoms with Crippen LogP contribution in [0.2, 0.25) is 10.0 Å². The topological polar surface area (TPSA) is 30.7 Å². The molecular weight excluding hydrogens is 373 g/mol. The van der Waals surface area contributed by atoms with Crippen LogP contribution in [-0.4, -0.2) is 14.8 Å². The van der Waals surface area contributed by atoms with E-state index in [2.05, 4.69) is 33.8 Å². The standard InChI is InChI=1S/C19H17Cl2N3S/c1-2-24-18(11-9-14-6-4-3-5-7-14)22-23-19(24)25-13-15-8-10-16(20)17(21)12-15/h3-12H,2,13H2,1H3. The van der Waals surface area contributed by atoms with Crippen LogP contribution in [0.3, 0.4) is 0 Å². The van der Waals surface area contributed by atoms with E-state index in [1.165, 1.54) is 0 Å². The second-order valence-corrected chi connectivity index (χ2v) is 7.12. The Morgan fingerprint density at radius 3 is 2.52 bits per heavy atom. The fraction of sp³-hybridized carbons (Fsp3) is 0.158. The molecule has 0 bridgehead atoms. The zero-order valence-electron chi connectivity index (χ0n) is 13.7. The summed E-state index contributed by atoms with van der Waals surface area (Å²) in [5.74, 6) is 1.61. The molecular formula is C19H17Cl2N3S. The SMILES string of the molecule is CCn1c(C=Cc2ccccc2)nnc1SCc1ccc(Cl)c(Cl)c1. The lowest BCUT2D eigenvalue weighted by Crippen LogP contribution is -1.99. The van der Waals surface area contributed by atoms with Crippen LogP contribution >= 0.6 is 35.0 Å². The van der Waals surface area contributed by atoms with Gasteiger partial charge in [-0.2, -0.15) is 0 Å². The molecule has 0 saturated heterocycles. The average Bonchev–Trinajstić information content (AvgIpc) is 3.03. The molecule has 128 valence electrons. The van der Waals surface area contributed by atoms with Gasteiger partial charge in [-0.1, -0.05) is 77.4 Å². The lowest BCUT2D eigenvalue weighted by molar-refractivity contribution is 0.675. The van der Waals surface area contributed by atoms with E-state index in [1.807, 2.05) is 48.6 Å². The molecule has 0 atom stereocenters. The van der Waals surface area contributed by atoms with Crippen molar-refractivity contribution in [1.82, 2.24) is 14.8 Å². The van der Waals surface area contributed by atoms with Crippen LogP contribution in [0.5, 0.6) is 0 Å². The minimum atomic E-state index is 0.570. The van der Waals surface area contributed by atoms with Gasteiger partial charge in [0.15, 0.2) is 11.0 Å². The van der Waals surface area contributed by atoms with Crippen LogP contribution in [0.4, 0.5) is 0 Å². The van der Waals surface area contributed by atoms with Gasteiger partial charge in [-0.05, 0) is 36.3 Å². The maximum atomic E-state index is 6.07. The second-order valence-electron chi connectivity index (χ2n) is 5.37. The lowest BCUT2D eigenvalue weighted by Gasteiger charge is -2.06. The van der Waals surface area contributed by atoms with Crippen LogP contribution in [0, 0.1) is 0 Å². The monoisotopic (exact) mass is 389 g/mol. The Bertz CT molecular complexity index is 876. The number of halogens is 2. The number of hydrogen-bond donors (Lipinski definition) is 0. The predicted molar refractivity (Wildman–Crippen MR) is 107 cm³/mol. The molecule has 1 heterocycles. The Kier molecular flexibility index (Phi) is 6.19. The third-order valence-corrected chi connectivity index (χ3v) is 5.41. The molecule has 0 spiro atoms. The van der Waals surface area contributed by atoms with Crippen LogP contribution in [-0.2, 0) is 12.3 Å². The maximum Gasteiger partial charge on any atom is 0.191 e. The second kappa shape index (κ2) is 8.56. The number of thioether (sulfide) groups is 1. The summed E-state index contributed by atoms with van der Waals surface area (Å²) < 4.78 is 2.10. The first-order valence-corrected chi connectivity index (χ1v) is 9.64. The quantitative estimate of drug-likeness (QED) is 0.479. The molecule has 3 rings (SSSR count). The smallest absolute Gasteiger partial charge is 0.191 e. The number of aromatic nitrogens is 3. The Morgan fingerprint density at radius 2 is 1.80 bits per heavy atom. The molecule has 3 nitrogen and oxygen atoms in total. The fourth-order valence-electron chi connectivity index (χ4n) is 2.34. The van der Waals surface area contributed by atoms with Gasteiger partial charge in [-0.25, -0.2) is 0 Å². The van der Waals surface area contributed by atoms with E-state index >= 15 is 0 Å². The van der Waals surface area contributed by atoms with Crippen LogP contribution in [0.15, 0.2) is 53.7 Å². The minimum absolute atomic E-state index is 0.570. The van der Waals surface area contributed by atoms with E-state index in [0.29, 0.717) is 10.0 Å². The van der Waals surface area contributed by atoms with Crippen molar-refractivity contribution in [2.45, 2.75) is 24.4 Å². The van der Waals surface area contributed by atoms with Crippen molar-refractivity contribution in [3.63, 3.8) is 0 Å². The molecule has 3 aromatic rings. The van der Waals surface area contributed by atoms with Gasteiger partial charge in [0, 0.05) is 12.3 Å². The summed E-state index contributed by atoms with van der Waals surface area (Å²) in [5.41, 5.74) is 2.24. The predicted octanol–water partition coefficient (Wildman–Crippen LogP) is 6.07. The van der Waals surface area contributed by atoms with Crippen LogP contribution in [0.25, 0.3) is 12.2 Å². The molecule has 0 fully saturated rings. The van der Waals surface area contributed by atoms with E-state index in [1.54, 1.807) is 11.8 Å². The highest BCUT2D eigenvalue weighted by Crippen LogP contribution is 2.27. The number of rotatable bonds is 6. The summed E-state index contributed by atoms with van der Waals surface area (Å²) in [5, 5.41) is 10.7. The fourth-order valence-corrected chi connectivity index (χ4v) is 3.61. The molecule has 0 unspecified atom stereocenters. The lowest BCUT2D eigenvalue weighted by atomic mass is 10.2. The molecule has 1 aromatic heterocycles. The zero-order valence-corrected chi connectivity index (χ0v) is 16.0. The Hall–Kier alpha value is -1.75. The molecule has 0 aliphatic rings. The summed E-state index contributed by atoms with van der Waals surface area (Å²) in [7, 11) is 0. The van der Waals surface area contributed by atoms with Crippen molar-refractivity contribution in [2.75, 3.05) is 0 Å². The number of nitrogens with zero attached hydrogens (tertiary/aromatic N) is 3. The Balaban J connectivity index is 1.73. The van der Waals surface area contributed by atoms with E-state index in [9.17, 15) is 0 Å². The number of hydrogen-bond acceptors (Lipinski definition) is 3. The van der Waals surface area contributed by atoms with E-state index in [-0.39, 0.29) is 0 Å². The molecule has 25 heavy (non-hydrogen) atoms. The normalized spacial score (nSPS) is 11.3. The molecule has 6 heteroatoms. The van der Waals surface area contributed by atoms with E-state index < -0.39 is 0 Å². The highest BCUT2D eigenvalue weighted by molar-refractivity contribution is 7.98. The maximum absolute atomic E-state index is 6.07. The van der Waals surface area contributed by atoms with Crippen molar-refractivity contribution >= 4 is 47.1 Å². The van der Waals surface area contributed by atoms with Crippen molar-refractivity contribution < 1.29 is 0 Å². The zero-order chi connectivity index (χ0) is 17.6. The Labute approximate surface area is 161 Å². The summed E-state index contributed by atoms with van der Waals surface area (Å²) in [6, 6.07) is 15.8. The van der Waals surface area contributed by atoms with Gasteiger partial charge in [-0.15, -0.1) is 10.2 Å². The summed E-state index contributed by atoms with van der Waals surface area (Å²) in [6.07, 6.45) is 4.04. The van der Waals surface area contributed by atoms with Gasteiger partial charge < -0.3 is 4.57 Å². The van der Waals surface area contributed by atoms with E-state index in [0.717, 1.165) is 34.4 Å². The molecule has 0 N–H and O–H groups in total. The highest BCUT2D eigenvalue weighted by Gasteiger charge is 2.10. The molecule has 0 radical (unpaired) electrons. The van der Waals surface area contributed by atoms with Gasteiger partial charge in [-0.3, -0.25) is 0 Å². The summed E-state index contributed by atoms with van der Waals surface area (Å²) in [4.78, 5) is 0. The first-order chi connectivity index (χ1) is 12.2. The van der Waals surface area contributed by atoms with Crippen molar-refractivity contribution in [3.05, 3.63) is 75.5 Å². The summed E-state index contributed by atoms with van der Waals surface area (Å²) in [6.45, 7) is 2.90. The van der Waals surface area contributed by atoms with Crippen LogP contribution < -0.4 is 0 Å². The minimum Gasteiger partial charge on any atom is -0.303 e. The summed E-state index contributed by atoms with van der Waals surface area (Å²) >= 11 is 13.7. The van der Waals surface area contributed by atoms with Gasteiger partial charge in [0.05, 0.1) is 10.0 Å². The van der Waals surface area contributed by atoms with Gasteiger partial charge in [0.25, 0.3) is 0 Å². The largest absolute Gasteiger partial charge is 0.303 e. The van der Waals surface area contributed by atoms with Crippen molar-refractivity contribution in [2.24, 2.45) is 0 Å². The molecule has 0 aliphatic heterocycles. The average molecular weight is 390 g/mol. The third kappa shape index (κ3) is 4.66. The van der Waals surface area contributed by atoms with Crippen molar-refractivity contribution in [3.8, 4) is 0 Å². The van der Waals surface area contributed by atoms with Gasteiger partial charge >= 0.3 is 0 Å². The highest BCUT2D eigenvalue weighted by atomic mass is 35.5. The van der Waals surface area contributed by atoms with Gasteiger partial charge in [0.2, 0.25) is 0 Å². The molecule has 0 amide bonds.